The number of hydrogen-bond acceptors (Lipinski definition) is 7. The summed E-state index contributed by atoms with van der Waals surface area (Å²) in [6.07, 6.45) is 5.91. The van der Waals surface area contributed by atoms with Gasteiger partial charge in [-0.15, -0.1) is 11.3 Å². The van der Waals surface area contributed by atoms with Gasteiger partial charge < -0.3 is 10.2 Å². The molecule has 1 aliphatic carbocycles. The molecule has 2 aromatic rings. The Bertz CT molecular complexity index is 1120. The van der Waals surface area contributed by atoms with Crippen LogP contribution in [0.3, 0.4) is 0 Å². The fourth-order valence-corrected chi connectivity index (χ4v) is 6.62. The Morgan fingerprint density at radius 3 is 2.70 bits per heavy atom. The number of hydrogen-bond donors (Lipinski definition) is 2. The van der Waals surface area contributed by atoms with Gasteiger partial charge in [0.25, 0.3) is 10.0 Å². The Labute approximate surface area is 202 Å². The number of aromatic nitrogens is 1. The van der Waals surface area contributed by atoms with Crippen molar-refractivity contribution in [1.82, 2.24) is 14.8 Å². The van der Waals surface area contributed by atoms with Gasteiger partial charge in [0.05, 0.1) is 22.8 Å². The average molecular weight is 516 g/mol. The minimum Gasteiger partial charge on any atom is -0.379 e. The standard InChI is InChI=1S/C21H27ClFN5O3S2/c1-27-9-7-18(27)20(29)28(2)17-6-4-3-5-15(17)25-16-12-14(23)19(11-13(16)22)33(30,31)26-21-24-8-10-32-21/h8,10-12,15,17-18,25H,3-7,9H2,1-2H3,(H,24,26)/t15-,17-,18-/m0/s1. The number of likely N-dealkylation sites (N-methyl/N-ethyl adjacent to an activating group) is 2. The van der Waals surface area contributed by atoms with Gasteiger partial charge in [0.2, 0.25) is 5.91 Å². The van der Waals surface area contributed by atoms with Gasteiger partial charge in [-0.05, 0) is 38.4 Å². The summed E-state index contributed by atoms with van der Waals surface area (Å²) in [5, 5.41) is 5.12. The van der Waals surface area contributed by atoms with E-state index in [2.05, 4.69) is 15.0 Å². The molecule has 2 fully saturated rings. The first-order chi connectivity index (χ1) is 15.7. The molecule has 1 saturated carbocycles. The normalized spacial score (nSPS) is 23.6. The van der Waals surface area contributed by atoms with Crippen LogP contribution in [0.15, 0.2) is 28.6 Å². The molecular formula is C21H27ClFN5O3S2. The number of thiazole rings is 1. The number of carbonyl (C=O) groups excluding carboxylic acids is 1. The molecule has 0 bridgehead atoms. The summed E-state index contributed by atoms with van der Waals surface area (Å²) < 4.78 is 42.4. The second-order valence-electron chi connectivity index (χ2n) is 8.54. The third-order valence-electron chi connectivity index (χ3n) is 6.45. The average Bonchev–Trinajstić information content (AvgIpc) is 3.27. The highest BCUT2D eigenvalue weighted by Gasteiger charge is 2.38. The van der Waals surface area contributed by atoms with E-state index in [0.29, 0.717) is 5.69 Å². The molecule has 3 atom stereocenters. The first kappa shape index (κ1) is 24.2. The van der Waals surface area contributed by atoms with Gasteiger partial charge in [0.1, 0.15) is 10.7 Å². The third kappa shape index (κ3) is 5.11. The molecule has 180 valence electrons. The number of benzene rings is 1. The van der Waals surface area contributed by atoms with Crippen LogP contribution in [0.4, 0.5) is 15.2 Å². The van der Waals surface area contributed by atoms with Crippen molar-refractivity contribution in [2.45, 2.75) is 55.1 Å². The molecule has 0 spiro atoms. The van der Waals surface area contributed by atoms with Crippen LogP contribution < -0.4 is 10.0 Å². The first-order valence-corrected chi connectivity index (χ1v) is 13.6. The Morgan fingerprint density at radius 2 is 2.06 bits per heavy atom. The van der Waals surface area contributed by atoms with Crippen LogP contribution in [0.1, 0.15) is 32.1 Å². The van der Waals surface area contributed by atoms with Crippen LogP contribution in [0.25, 0.3) is 0 Å². The van der Waals surface area contributed by atoms with E-state index in [1.165, 1.54) is 6.20 Å². The van der Waals surface area contributed by atoms with Crippen LogP contribution in [0.2, 0.25) is 5.02 Å². The van der Waals surface area contributed by atoms with Gasteiger partial charge in [-0.1, -0.05) is 24.4 Å². The number of likely N-dealkylation sites (tertiary alicyclic amines) is 1. The molecule has 1 saturated heterocycles. The monoisotopic (exact) mass is 515 g/mol. The Morgan fingerprint density at radius 1 is 1.30 bits per heavy atom. The van der Waals surface area contributed by atoms with Crippen molar-refractivity contribution in [2.24, 2.45) is 0 Å². The van der Waals surface area contributed by atoms with Crippen LogP contribution in [-0.4, -0.2) is 67.9 Å². The molecule has 2 heterocycles. The van der Waals surface area contributed by atoms with Gasteiger partial charge in [0.15, 0.2) is 5.13 Å². The Kier molecular flexibility index (Phi) is 7.13. The number of carbonyl (C=O) groups is 1. The molecule has 12 heteroatoms. The zero-order chi connectivity index (χ0) is 23.8. The summed E-state index contributed by atoms with van der Waals surface area (Å²) in [4.78, 5) is 20.1. The lowest BCUT2D eigenvalue weighted by Crippen LogP contribution is -2.59. The Balaban J connectivity index is 1.52. The molecule has 4 rings (SSSR count). The van der Waals surface area contributed by atoms with Crippen LogP contribution in [-0.2, 0) is 14.8 Å². The molecule has 1 aromatic carbocycles. The smallest absolute Gasteiger partial charge is 0.266 e. The van der Waals surface area contributed by atoms with E-state index < -0.39 is 20.7 Å². The lowest BCUT2D eigenvalue weighted by atomic mass is 9.88. The zero-order valence-corrected chi connectivity index (χ0v) is 20.8. The van der Waals surface area contributed by atoms with Crippen molar-refractivity contribution >= 4 is 49.7 Å². The van der Waals surface area contributed by atoms with Crippen LogP contribution >= 0.6 is 22.9 Å². The molecule has 2 aliphatic rings. The van der Waals surface area contributed by atoms with Crippen molar-refractivity contribution in [1.29, 1.82) is 0 Å². The molecule has 0 unspecified atom stereocenters. The second kappa shape index (κ2) is 9.73. The second-order valence-corrected chi connectivity index (χ2v) is 11.5. The number of nitrogens with one attached hydrogen (secondary N) is 2. The van der Waals surface area contributed by atoms with Crippen molar-refractivity contribution in [3.63, 3.8) is 0 Å². The number of rotatable bonds is 7. The fraction of sp³-hybridized carbons (Fsp3) is 0.524. The van der Waals surface area contributed by atoms with Gasteiger partial charge in [-0.25, -0.2) is 17.8 Å². The topological polar surface area (TPSA) is 94.6 Å². The maximum Gasteiger partial charge on any atom is 0.266 e. The molecule has 33 heavy (non-hydrogen) atoms. The highest BCUT2D eigenvalue weighted by atomic mass is 35.5. The molecule has 8 nitrogen and oxygen atoms in total. The summed E-state index contributed by atoms with van der Waals surface area (Å²) in [5.74, 6) is -0.826. The van der Waals surface area contributed by atoms with E-state index in [-0.39, 0.29) is 34.2 Å². The van der Waals surface area contributed by atoms with E-state index in [0.717, 1.165) is 62.1 Å². The number of nitrogens with zero attached hydrogens (tertiary/aromatic N) is 3. The summed E-state index contributed by atoms with van der Waals surface area (Å²) in [5.41, 5.74) is 0.306. The van der Waals surface area contributed by atoms with Gasteiger partial charge in [-0.3, -0.25) is 14.4 Å². The van der Waals surface area contributed by atoms with Crippen molar-refractivity contribution in [2.75, 3.05) is 30.7 Å². The first-order valence-electron chi connectivity index (χ1n) is 10.8. The van der Waals surface area contributed by atoms with Gasteiger partial charge in [-0.2, -0.15) is 0 Å². The van der Waals surface area contributed by atoms with E-state index in [9.17, 15) is 17.6 Å². The van der Waals surface area contributed by atoms with Gasteiger partial charge >= 0.3 is 0 Å². The van der Waals surface area contributed by atoms with Crippen LogP contribution in [0.5, 0.6) is 0 Å². The largest absolute Gasteiger partial charge is 0.379 e. The minimum atomic E-state index is -4.18. The Hall–Kier alpha value is -1.95. The predicted octanol–water partition coefficient (Wildman–Crippen LogP) is 3.62. The van der Waals surface area contributed by atoms with Crippen LogP contribution in [0, 0.1) is 5.82 Å². The summed E-state index contributed by atoms with van der Waals surface area (Å²) in [6.45, 7) is 0.915. The summed E-state index contributed by atoms with van der Waals surface area (Å²) >= 11 is 7.47. The highest BCUT2D eigenvalue weighted by molar-refractivity contribution is 7.93. The number of amides is 1. The van der Waals surface area contributed by atoms with E-state index in [1.54, 1.807) is 10.3 Å². The molecule has 0 radical (unpaired) electrons. The summed E-state index contributed by atoms with van der Waals surface area (Å²) in [7, 11) is -0.417. The van der Waals surface area contributed by atoms with E-state index >= 15 is 0 Å². The quantitative estimate of drug-likeness (QED) is 0.585. The maximum atomic E-state index is 14.9. The molecular weight excluding hydrogens is 489 g/mol. The predicted molar refractivity (Wildman–Crippen MR) is 128 cm³/mol. The number of anilines is 2. The number of halogens is 2. The lowest BCUT2D eigenvalue weighted by molar-refractivity contribution is -0.142. The van der Waals surface area contributed by atoms with Gasteiger partial charge in [0, 0.05) is 31.2 Å². The third-order valence-corrected chi connectivity index (χ3v) is 8.94. The SMILES string of the molecule is CN1CC[C@H]1C(=O)N(C)[C@H]1CCCC[C@@H]1Nc1cc(F)c(S(=O)(=O)Nc2nccs2)cc1Cl. The molecule has 1 aliphatic heterocycles. The number of sulfonamides is 1. The summed E-state index contributed by atoms with van der Waals surface area (Å²) in [6, 6.07) is 1.94. The van der Waals surface area contributed by atoms with Crippen molar-refractivity contribution in [3.8, 4) is 0 Å². The minimum absolute atomic E-state index is 0.0608. The molecule has 1 amide bonds. The van der Waals surface area contributed by atoms with E-state index in [4.69, 9.17) is 11.6 Å². The zero-order valence-electron chi connectivity index (χ0n) is 18.4. The fourth-order valence-electron chi connectivity index (χ4n) is 4.46. The molecule has 1 aromatic heterocycles. The van der Waals surface area contributed by atoms with E-state index in [1.807, 2.05) is 19.0 Å². The van der Waals surface area contributed by atoms with Crippen molar-refractivity contribution in [3.05, 3.63) is 34.5 Å². The lowest BCUT2D eigenvalue weighted by Gasteiger charge is -2.44. The molecule has 2 N–H and O–H groups in total. The van der Waals surface area contributed by atoms with Crippen molar-refractivity contribution < 1.29 is 17.6 Å². The highest BCUT2D eigenvalue weighted by Crippen LogP contribution is 2.33. The maximum absolute atomic E-state index is 14.9.